The number of carbonyl (C=O) groups excluding carboxylic acids is 1. The van der Waals surface area contributed by atoms with Crippen LogP contribution in [0.3, 0.4) is 0 Å². The SMILES string of the molecule is O=C(CC1CCC([C@@H]2CCCN2)O1)N1CCN(c2ncc(C(F)(F)F)cn2)CC1. The van der Waals surface area contributed by atoms with Crippen molar-refractivity contribution in [2.75, 3.05) is 37.6 Å². The summed E-state index contributed by atoms with van der Waals surface area (Å²) in [6.45, 7) is 3.04. The van der Waals surface area contributed by atoms with Crippen molar-refractivity contribution in [2.24, 2.45) is 0 Å². The number of aromatic nitrogens is 2. The van der Waals surface area contributed by atoms with Crippen LogP contribution in [0.1, 0.15) is 37.7 Å². The fraction of sp³-hybridized carbons (Fsp3) is 0.737. The van der Waals surface area contributed by atoms with Crippen LogP contribution >= 0.6 is 0 Å². The van der Waals surface area contributed by atoms with Crippen LogP contribution < -0.4 is 10.2 Å². The van der Waals surface area contributed by atoms with Crippen LogP contribution in [0.4, 0.5) is 19.1 Å². The summed E-state index contributed by atoms with van der Waals surface area (Å²) in [6, 6.07) is 0.419. The van der Waals surface area contributed by atoms with Crippen LogP contribution in [-0.2, 0) is 15.7 Å². The molecule has 0 aromatic carbocycles. The first-order valence-electron chi connectivity index (χ1n) is 10.2. The van der Waals surface area contributed by atoms with Crippen molar-refractivity contribution in [1.29, 1.82) is 0 Å². The Morgan fingerprint density at radius 1 is 1.14 bits per heavy atom. The smallest absolute Gasteiger partial charge is 0.373 e. The second-order valence-corrected chi connectivity index (χ2v) is 7.92. The van der Waals surface area contributed by atoms with Gasteiger partial charge in [-0.3, -0.25) is 4.79 Å². The summed E-state index contributed by atoms with van der Waals surface area (Å²) in [6.07, 6.45) is 1.96. The van der Waals surface area contributed by atoms with E-state index in [1.807, 2.05) is 0 Å². The van der Waals surface area contributed by atoms with Gasteiger partial charge in [-0.1, -0.05) is 0 Å². The number of nitrogens with one attached hydrogen (secondary N) is 1. The molecule has 3 aliphatic rings. The average molecular weight is 413 g/mol. The molecule has 3 saturated heterocycles. The second-order valence-electron chi connectivity index (χ2n) is 7.92. The predicted molar refractivity (Wildman–Crippen MR) is 99.4 cm³/mol. The van der Waals surface area contributed by atoms with Gasteiger partial charge in [0, 0.05) is 44.6 Å². The van der Waals surface area contributed by atoms with Gasteiger partial charge < -0.3 is 19.9 Å². The van der Waals surface area contributed by atoms with E-state index in [1.54, 1.807) is 9.80 Å². The third kappa shape index (κ3) is 4.80. The molecule has 3 fully saturated rings. The highest BCUT2D eigenvalue weighted by molar-refractivity contribution is 5.77. The normalized spacial score (nSPS) is 28.2. The number of alkyl halides is 3. The molecule has 1 N–H and O–H groups in total. The van der Waals surface area contributed by atoms with Gasteiger partial charge in [-0.25, -0.2) is 9.97 Å². The first-order valence-corrected chi connectivity index (χ1v) is 10.2. The summed E-state index contributed by atoms with van der Waals surface area (Å²) in [4.78, 5) is 23.9. The Bertz CT molecular complexity index is 701. The highest BCUT2D eigenvalue weighted by Gasteiger charge is 2.35. The van der Waals surface area contributed by atoms with Gasteiger partial charge in [-0.15, -0.1) is 0 Å². The Kier molecular flexibility index (Phi) is 5.91. The van der Waals surface area contributed by atoms with Crippen molar-refractivity contribution >= 4 is 11.9 Å². The summed E-state index contributed by atoms with van der Waals surface area (Å²) < 4.78 is 44.0. The Labute approximate surface area is 167 Å². The molecular weight excluding hydrogens is 387 g/mol. The molecule has 0 radical (unpaired) electrons. The lowest BCUT2D eigenvalue weighted by atomic mass is 10.1. The zero-order valence-electron chi connectivity index (χ0n) is 16.2. The van der Waals surface area contributed by atoms with Gasteiger partial charge >= 0.3 is 6.18 Å². The minimum atomic E-state index is -4.45. The molecule has 3 aliphatic heterocycles. The summed E-state index contributed by atoms with van der Waals surface area (Å²) in [7, 11) is 0. The molecule has 1 amide bonds. The molecule has 4 heterocycles. The van der Waals surface area contributed by atoms with Crippen LogP contribution in [-0.4, -0.2) is 71.7 Å². The molecule has 29 heavy (non-hydrogen) atoms. The maximum Gasteiger partial charge on any atom is 0.419 e. The molecule has 0 bridgehead atoms. The number of nitrogens with zero attached hydrogens (tertiary/aromatic N) is 4. The van der Waals surface area contributed by atoms with Crippen LogP contribution in [0.15, 0.2) is 12.4 Å². The Hall–Kier alpha value is -1.94. The zero-order chi connectivity index (χ0) is 20.4. The van der Waals surface area contributed by atoms with Gasteiger partial charge in [0.15, 0.2) is 0 Å². The monoisotopic (exact) mass is 413 g/mol. The van der Waals surface area contributed by atoms with Gasteiger partial charge in [0.05, 0.1) is 24.2 Å². The number of amides is 1. The number of hydrogen-bond donors (Lipinski definition) is 1. The van der Waals surface area contributed by atoms with Crippen LogP contribution in [0.2, 0.25) is 0 Å². The number of anilines is 1. The first-order chi connectivity index (χ1) is 13.9. The topological polar surface area (TPSA) is 70.6 Å². The van der Waals surface area contributed by atoms with Crippen LogP contribution in [0, 0.1) is 0 Å². The van der Waals surface area contributed by atoms with E-state index in [-0.39, 0.29) is 24.1 Å². The first kappa shape index (κ1) is 20.3. The third-order valence-electron chi connectivity index (χ3n) is 5.97. The van der Waals surface area contributed by atoms with Gasteiger partial charge in [0.2, 0.25) is 11.9 Å². The number of rotatable bonds is 4. The number of hydrogen-bond acceptors (Lipinski definition) is 6. The van der Waals surface area contributed by atoms with E-state index in [0.717, 1.165) is 38.2 Å². The van der Waals surface area contributed by atoms with Gasteiger partial charge in [-0.05, 0) is 32.2 Å². The molecule has 1 aromatic heterocycles. The Balaban J connectivity index is 1.23. The van der Waals surface area contributed by atoms with E-state index in [1.165, 1.54) is 6.42 Å². The predicted octanol–water partition coefficient (Wildman–Crippen LogP) is 1.83. The highest BCUT2D eigenvalue weighted by atomic mass is 19.4. The molecular formula is C19H26F3N5O2. The summed E-state index contributed by atoms with van der Waals surface area (Å²) in [5.74, 6) is 0.333. The fourth-order valence-electron chi connectivity index (χ4n) is 4.32. The third-order valence-corrected chi connectivity index (χ3v) is 5.97. The molecule has 1 aromatic rings. The Morgan fingerprint density at radius 3 is 2.48 bits per heavy atom. The van der Waals surface area contributed by atoms with E-state index in [2.05, 4.69) is 15.3 Å². The molecule has 2 unspecified atom stereocenters. The van der Waals surface area contributed by atoms with Crippen molar-refractivity contribution in [1.82, 2.24) is 20.2 Å². The molecule has 0 saturated carbocycles. The van der Waals surface area contributed by atoms with Crippen molar-refractivity contribution in [3.8, 4) is 0 Å². The largest absolute Gasteiger partial charge is 0.419 e. The average Bonchev–Trinajstić information content (AvgIpc) is 3.39. The molecule has 7 nitrogen and oxygen atoms in total. The maximum atomic E-state index is 12.6. The van der Waals surface area contributed by atoms with Gasteiger partial charge in [-0.2, -0.15) is 13.2 Å². The second kappa shape index (κ2) is 8.43. The van der Waals surface area contributed by atoms with Gasteiger partial charge in [0.1, 0.15) is 0 Å². The number of ether oxygens (including phenoxy) is 1. The summed E-state index contributed by atoms with van der Waals surface area (Å²) >= 11 is 0. The van der Waals surface area contributed by atoms with Crippen LogP contribution in [0.25, 0.3) is 0 Å². The molecule has 4 rings (SSSR count). The van der Waals surface area contributed by atoms with Crippen molar-refractivity contribution in [3.63, 3.8) is 0 Å². The fourth-order valence-corrected chi connectivity index (χ4v) is 4.32. The lowest BCUT2D eigenvalue weighted by Gasteiger charge is -2.35. The van der Waals surface area contributed by atoms with E-state index in [9.17, 15) is 18.0 Å². The van der Waals surface area contributed by atoms with Crippen LogP contribution in [0.5, 0.6) is 0 Å². The highest BCUT2D eigenvalue weighted by Crippen LogP contribution is 2.29. The van der Waals surface area contributed by atoms with Crippen molar-refractivity contribution in [3.05, 3.63) is 18.0 Å². The van der Waals surface area contributed by atoms with E-state index >= 15 is 0 Å². The Morgan fingerprint density at radius 2 is 1.86 bits per heavy atom. The van der Waals surface area contributed by atoms with E-state index in [0.29, 0.717) is 38.6 Å². The summed E-state index contributed by atoms with van der Waals surface area (Å²) in [5.41, 5.74) is -0.863. The number of piperazine rings is 1. The summed E-state index contributed by atoms with van der Waals surface area (Å²) in [5, 5.41) is 3.47. The standard InChI is InChI=1S/C19H26F3N5O2/c20-19(21,22)13-11-24-18(25-12-13)27-8-6-26(7-9-27)17(28)10-14-3-4-16(29-14)15-2-1-5-23-15/h11-12,14-16,23H,1-10H2/t14?,15-,16?/m0/s1. The minimum Gasteiger partial charge on any atom is -0.373 e. The molecule has 3 atom stereocenters. The minimum absolute atomic E-state index is 0.0221. The molecule has 0 spiro atoms. The number of carbonyl (C=O) groups is 1. The zero-order valence-corrected chi connectivity index (χ0v) is 16.2. The van der Waals surface area contributed by atoms with Crippen molar-refractivity contribution in [2.45, 2.75) is 56.5 Å². The van der Waals surface area contributed by atoms with Crippen molar-refractivity contribution < 1.29 is 22.7 Å². The molecule has 160 valence electrons. The number of halogens is 3. The van der Waals surface area contributed by atoms with E-state index in [4.69, 9.17) is 4.74 Å². The van der Waals surface area contributed by atoms with Gasteiger partial charge in [0.25, 0.3) is 0 Å². The lowest BCUT2D eigenvalue weighted by molar-refractivity contribution is -0.138. The molecule has 0 aliphatic carbocycles. The van der Waals surface area contributed by atoms with E-state index < -0.39 is 11.7 Å². The quantitative estimate of drug-likeness (QED) is 0.812. The maximum absolute atomic E-state index is 12.6. The lowest BCUT2D eigenvalue weighted by Crippen LogP contribution is -2.49. The molecule has 10 heteroatoms.